The molecule has 2 heterocycles. The lowest BCUT2D eigenvalue weighted by atomic mass is 10.0. The number of Topliss-reactive ketones (excluding diaryl/α,β-unsaturated/α-hetero) is 1. The summed E-state index contributed by atoms with van der Waals surface area (Å²) in [5.74, 6) is 0.107. The van der Waals surface area contributed by atoms with E-state index in [1.165, 1.54) is 25.2 Å². The highest BCUT2D eigenvalue weighted by molar-refractivity contribution is 6.01. The molecule has 0 saturated carbocycles. The van der Waals surface area contributed by atoms with Crippen molar-refractivity contribution in [3.05, 3.63) is 61.8 Å². The molecule has 0 amide bonds. The van der Waals surface area contributed by atoms with Gasteiger partial charge in [-0.2, -0.15) is 0 Å². The number of hydrogen-bond acceptors (Lipinski definition) is 6. The number of rotatable bonds is 6. The van der Waals surface area contributed by atoms with Crippen LogP contribution in [0.1, 0.15) is 41.3 Å². The second-order valence-corrected chi connectivity index (χ2v) is 8.34. The summed E-state index contributed by atoms with van der Waals surface area (Å²) in [5.41, 5.74) is 7.24. The summed E-state index contributed by atoms with van der Waals surface area (Å²) in [4.78, 5) is 41.5. The number of nitrogens with two attached hydrogens (primary N) is 1. The van der Waals surface area contributed by atoms with E-state index >= 15 is 0 Å². The van der Waals surface area contributed by atoms with Crippen molar-refractivity contribution < 1.29 is 4.79 Å². The number of carbonyl (C=O) groups excluding carboxylic acids is 1. The molecule has 2 N–H and O–H groups in total. The fourth-order valence-corrected chi connectivity index (χ4v) is 3.78. The molecule has 0 bridgehead atoms. The van der Waals surface area contributed by atoms with Gasteiger partial charge in [-0.3, -0.25) is 28.5 Å². The third-order valence-corrected chi connectivity index (χ3v) is 5.87. The molecule has 0 spiro atoms. The van der Waals surface area contributed by atoms with Crippen molar-refractivity contribution in [3.8, 4) is 0 Å². The zero-order chi connectivity index (χ0) is 22.0. The van der Waals surface area contributed by atoms with Crippen LogP contribution in [0.15, 0.2) is 33.9 Å². The van der Waals surface area contributed by atoms with Gasteiger partial charge in [-0.05, 0) is 17.0 Å². The molecule has 3 rings (SSSR count). The van der Waals surface area contributed by atoms with Crippen LogP contribution in [0.2, 0.25) is 0 Å². The first kappa shape index (κ1) is 22.0. The predicted molar refractivity (Wildman–Crippen MR) is 118 cm³/mol. The van der Waals surface area contributed by atoms with Gasteiger partial charge < -0.3 is 5.73 Å². The van der Waals surface area contributed by atoms with Crippen LogP contribution < -0.4 is 17.0 Å². The Bertz CT molecular complexity index is 1030. The second kappa shape index (κ2) is 8.97. The largest absolute Gasteiger partial charge is 0.384 e. The van der Waals surface area contributed by atoms with Crippen molar-refractivity contribution in [3.63, 3.8) is 0 Å². The van der Waals surface area contributed by atoms with Gasteiger partial charge >= 0.3 is 5.69 Å². The van der Waals surface area contributed by atoms with Crippen molar-refractivity contribution in [1.82, 2.24) is 18.9 Å². The summed E-state index contributed by atoms with van der Waals surface area (Å²) in [7, 11) is 2.81. The summed E-state index contributed by atoms with van der Waals surface area (Å²) in [5, 5.41) is 0. The Hall–Kier alpha value is -2.71. The third kappa shape index (κ3) is 4.55. The van der Waals surface area contributed by atoms with Gasteiger partial charge in [0.15, 0.2) is 5.78 Å². The van der Waals surface area contributed by atoms with Crippen LogP contribution in [0.4, 0.5) is 5.82 Å². The van der Waals surface area contributed by atoms with Crippen LogP contribution in [-0.4, -0.2) is 57.4 Å². The summed E-state index contributed by atoms with van der Waals surface area (Å²) < 4.78 is 2.06. The van der Waals surface area contributed by atoms with Crippen LogP contribution in [-0.2, 0) is 20.6 Å². The Morgan fingerprint density at radius 3 is 2.10 bits per heavy atom. The third-order valence-electron chi connectivity index (χ3n) is 5.87. The molecule has 2 aromatic rings. The minimum absolute atomic E-state index is 0.0726. The first-order valence-corrected chi connectivity index (χ1v) is 10.3. The smallest absolute Gasteiger partial charge is 0.332 e. The average molecular weight is 414 g/mol. The van der Waals surface area contributed by atoms with Gasteiger partial charge in [0.05, 0.1) is 6.54 Å². The van der Waals surface area contributed by atoms with Crippen molar-refractivity contribution in [2.75, 3.05) is 38.5 Å². The molecule has 0 atom stereocenters. The van der Waals surface area contributed by atoms with Gasteiger partial charge in [0.2, 0.25) is 0 Å². The zero-order valence-corrected chi connectivity index (χ0v) is 18.2. The predicted octanol–water partition coefficient (Wildman–Crippen LogP) is 0.790. The summed E-state index contributed by atoms with van der Waals surface area (Å²) >= 11 is 0. The molecular weight excluding hydrogens is 382 g/mol. The number of nitrogen functional groups attached to an aromatic ring is 1. The molecular formula is C22H31N5O3. The van der Waals surface area contributed by atoms with E-state index in [2.05, 4.69) is 43.0 Å². The summed E-state index contributed by atoms with van der Waals surface area (Å²) in [6.45, 7) is 8.55. The quantitative estimate of drug-likeness (QED) is 0.704. The van der Waals surface area contributed by atoms with Gasteiger partial charge in [-0.15, -0.1) is 0 Å². The Kier molecular flexibility index (Phi) is 6.58. The van der Waals surface area contributed by atoms with Crippen molar-refractivity contribution in [2.24, 2.45) is 14.1 Å². The molecule has 1 fully saturated rings. The number of benzene rings is 1. The number of piperazine rings is 1. The van der Waals surface area contributed by atoms with E-state index in [-0.39, 0.29) is 23.7 Å². The van der Waals surface area contributed by atoms with E-state index in [1.807, 2.05) is 4.90 Å². The second-order valence-electron chi connectivity index (χ2n) is 8.34. The molecule has 8 heteroatoms. The number of aromatic nitrogens is 2. The van der Waals surface area contributed by atoms with Crippen LogP contribution in [0.25, 0.3) is 0 Å². The molecule has 1 saturated heterocycles. The number of nitrogens with zero attached hydrogens (tertiary/aromatic N) is 4. The maximum Gasteiger partial charge on any atom is 0.332 e. The molecule has 0 aliphatic carbocycles. The highest BCUT2D eigenvalue weighted by atomic mass is 16.2. The lowest BCUT2D eigenvalue weighted by Crippen LogP contribution is -2.48. The van der Waals surface area contributed by atoms with Crippen LogP contribution in [0, 0.1) is 0 Å². The SMILES string of the molecule is CC(C)c1ccc(CN2CCN(CC(=O)c3c(N)n(C)c(=O)n(C)c3=O)CC2)cc1. The fraction of sp³-hybridized carbons (Fsp3) is 0.500. The topological polar surface area (TPSA) is 93.6 Å². The van der Waals surface area contributed by atoms with Gasteiger partial charge in [0.1, 0.15) is 11.4 Å². The van der Waals surface area contributed by atoms with E-state index in [1.54, 1.807) is 0 Å². The highest BCUT2D eigenvalue weighted by Gasteiger charge is 2.24. The highest BCUT2D eigenvalue weighted by Crippen LogP contribution is 2.16. The Balaban J connectivity index is 1.59. The maximum atomic E-state index is 12.8. The van der Waals surface area contributed by atoms with E-state index in [0.717, 1.165) is 41.9 Å². The van der Waals surface area contributed by atoms with Crippen LogP contribution in [0.3, 0.4) is 0 Å². The van der Waals surface area contributed by atoms with Crippen molar-refractivity contribution >= 4 is 11.6 Å². The van der Waals surface area contributed by atoms with Gasteiger partial charge in [0, 0.05) is 46.8 Å². The number of ketones is 1. The molecule has 0 unspecified atom stereocenters. The van der Waals surface area contributed by atoms with Crippen LogP contribution in [0.5, 0.6) is 0 Å². The molecule has 1 aliphatic heterocycles. The number of anilines is 1. The van der Waals surface area contributed by atoms with Crippen molar-refractivity contribution in [1.29, 1.82) is 0 Å². The lowest BCUT2D eigenvalue weighted by Gasteiger charge is -2.34. The zero-order valence-electron chi connectivity index (χ0n) is 18.2. The Morgan fingerprint density at radius 1 is 0.967 bits per heavy atom. The van der Waals surface area contributed by atoms with Gasteiger partial charge in [0.25, 0.3) is 5.56 Å². The molecule has 1 aliphatic rings. The summed E-state index contributed by atoms with van der Waals surface area (Å²) in [6.07, 6.45) is 0. The first-order valence-electron chi connectivity index (χ1n) is 10.3. The monoisotopic (exact) mass is 413 g/mol. The molecule has 8 nitrogen and oxygen atoms in total. The fourth-order valence-electron chi connectivity index (χ4n) is 3.78. The van der Waals surface area contributed by atoms with E-state index < -0.39 is 11.2 Å². The normalized spacial score (nSPS) is 15.6. The first-order chi connectivity index (χ1) is 14.2. The molecule has 1 aromatic carbocycles. The van der Waals surface area contributed by atoms with E-state index in [9.17, 15) is 14.4 Å². The molecule has 0 radical (unpaired) electrons. The number of hydrogen-bond donors (Lipinski definition) is 1. The molecule has 1 aromatic heterocycles. The van der Waals surface area contributed by atoms with Gasteiger partial charge in [-0.25, -0.2) is 4.79 Å². The van der Waals surface area contributed by atoms with E-state index in [0.29, 0.717) is 5.92 Å². The average Bonchev–Trinajstić information content (AvgIpc) is 2.73. The standard InChI is InChI=1S/C22H31N5O3/c1-15(2)17-7-5-16(6-8-17)13-26-9-11-27(12-10-26)14-18(28)19-20(23)24(3)22(30)25(4)21(19)29/h5-8,15H,9-14,23H2,1-4H3. The Morgan fingerprint density at radius 2 is 1.53 bits per heavy atom. The molecule has 30 heavy (non-hydrogen) atoms. The summed E-state index contributed by atoms with van der Waals surface area (Å²) in [6, 6.07) is 8.74. The Labute approximate surface area is 176 Å². The minimum atomic E-state index is -0.635. The van der Waals surface area contributed by atoms with E-state index in [4.69, 9.17) is 5.73 Å². The number of carbonyl (C=O) groups is 1. The molecule has 162 valence electrons. The lowest BCUT2D eigenvalue weighted by molar-refractivity contribution is 0.0842. The maximum absolute atomic E-state index is 12.8. The van der Waals surface area contributed by atoms with Crippen LogP contribution >= 0.6 is 0 Å². The van der Waals surface area contributed by atoms with Gasteiger partial charge in [-0.1, -0.05) is 38.1 Å². The minimum Gasteiger partial charge on any atom is -0.384 e. The van der Waals surface area contributed by atoms with Crippen molar-refractivity contribution in [2.45, 2.75) is 26.3 Å².